The minimum atomic E-state index is -4.55. The van der Waals surface area contributed by atoms with Crippen LogP contribution in [0, 0.1) is 0 Å². The van der Waals surface area contributed by atoms with Gasteiger partial charge in [-0.15, -0.1) is 0 Å². The average molecular weight is 601 g/mol. The first kappa shape index (κ1) is 31.4. The third-order valence-corrected chi connectivity index (χ3v) is 7.91. The molecular weight excluding hydrogens is 565 g/mol. The summed E-state index contributed by atoms with van der Waals surface area (Å²) in [6.45, 7) is 5.86. The summed E-state index contributed by atoms with van der Waals surface area (Å²) in [6, 6.07) is 16.7. The molecular formula is C32H36ClF3N4O2. The smallest absolute Gasteiger partial charge is 0.364 e. The molecule has 224 valence electrons. The van der Waals surface area contributed by atoms with Gasteiger partial charge in [0, 0.05) is 44.5 Å². The van der Waals surface area contributed by atoms with Crippen molar-refractivity contribution in [2.45, 2.75) is 45.3 Å². The van der Waals surface area contributed by atoms with Crippen LogP contribution in [-0.4, -0.2) is 55.5 Å². The SMILES string of the molecule is CCCc1ccccc1-c1ccc(N2CCN(C(=O)c3ccc(C(F)(F)F)cc3Cl)C[C@H]2CC)c(C(=O)NCCN)c1. The fourth-order valence-electron chi connectivity index (χ4n) is 5.45. The van der Waals surface area contributed by atoms with Crippen LogP contribution in [0.2, 0.25) is 5.02 Å². The van der Waals surface area contributed by atoms with E-state index in [1.807, 2.05) is 37.3 Å². The van der Waals surface area contributed by atoms with Crippen LogP contribution < -0.4 is 16.0 Å². The number of rotatable bonds is 9. The molecule has 6 nitrogen and oxygen atoms in total. The summed E-state index contributed by atoms with van der Waals surface area (Å²) in [5.74, 6) is -0.647. The predicted molar refractivity (Wildman–Crippen MR) is 161 cm³/mol. The van der Waals surface area contributed by atoms with Crippen LogP contribution in [0.5, 0.6) is 0 Å². The summed E-state index contributed by atoms with van der Waals surface area (Å²) in [5, 5.41) is 2.67. The van der Waals surface area contributed by atoms with E-state index in [4.69, 9.17) is 17.3 Å². The van der Waals surface area contributed by atoms with Gasteiger partial charge in [0.05, 0.1) is 21.7 Å². The summed E-state index contributed by atoms with van der Waals surface area (Å²) in [6.07, 6.45) is -1.96. The summed E-state index contributed by atoms with van der Waals surface area (Å²) < 4.78 is 39.3. The highest BCUT2D eigenvalue weighted by Crippen LogP contribution is 2.35. The molecule has 1 fully saturated rings. The Morgan fingerprint density at radius 2 is 1.79 bits per heavy atom. The monoisotopic (exact) mass is 600 g/mol. The van der Waals surface area contributed by atoms with Crippen molar-refractivity contribution in [1.82, 2.24) is 10.2 Å². The molecule has 1 atom stereocenters. The fourth-order valence-corrected chi connectivity index (χ4v) is 5.71. The number of carbonyl (C=O) groups excluding carboxylic acids is 2. The highest BCUT2D eigenvalue weighted by Gasteiger charge is 2.34. The lowest BCUT2D eigenvalue weighted by molar-refractivity contribution is -0.137. The van der Waals surface area contributed by atoms with Crippen LogP contribution >= 0.6 is 11.6 Å². The van der Waals surface area contributed by atoms with Gasteiger partial charge in [-0.1, -0.05) is 62.2 Å². The normalized spacial score (nSPS) is 15.5. The van der Waals surface area contributed by atoms with E-state index in [0.717, 1.165) is 47.9 Å². The Balaban J connectivity index is 1.64. The van der Waals surface area contributed by atoms with E-state index >= 15 is 0 Å². The maximum atomic E-state index is 13.4. The molecule has 0 aromatic heterocycles. The number of amides is 2. The molecule has 3 aromatic carbocycles. The van der Waals surface area contributed by atoms with Crippen molar-refractivity contribution in [1.29, 1.82) is 0 Å². The van der Waals surface area contributed by atoms with Crippen molar-refractivity contribution in [3.63, 3.8) is 0 Å². The Morgan fingerprint density at radius 3 is 2.45 bits per heavy atom. The van der Waals surface area contributed by atoms with Gasteiger partial charge in [0.25, 0.3) is 11.8 Å². The Bertz CT molecular complexity index is 1430. The minimum Gasteiger partial charge on any atom is -0.364 e. The predicted octanol–water partition coefficient (Wildman–Crippen LogP) is 6.41. The molecule has 0 saturated carbocycles. The van der Waals surface area contributed by atoms with Gasteiger partial charge in [-0.3, -0.25) is 9.59 Å². The maximum Gasteiger partial charge on any atom is 0.416 e. The van der Waals surface area contributed by atoms with Gasteiger partial charge in [0.15, 0.2) is 0 Å². The van der Waals surface area contributed by atoms with Crippen LogP contribution in [0.25, 0.3) is 11.1 Å². The maximum absolute atomic E-state index is 13.4. The topological polar surface area (TPSA) is 78.7 Å². The van der Waals surface area contributed by atoms with Gasteiger partial charge in [0.1, 0.15) is 0 Å². The Hall–Kier alpha value is -3.56. The molecule has 0 unspecified atom stereocenters. The first-order valence-corrected chi connectivity index (χ1v) is 14.6. The second-order valence-electron chi connectivity index (χ2n) is 10.4. The number of piperazine rings is 1. The number of nitrogens with one attached hydrogen (secondary N) is 1. The van der Waals surface area contributed by atoms with Gasteiger partial charge >= 0.3 is 6.18 Å². The van der Waals surface area contributed by atoms with E-state index in [1.54, 1.807) is 4.90 Å². The van der Waals surface area contributed by atoms with Crippen LogP contribution in [-0.2, 0) is 12.6 Å². The standard InChI is InChI=1S/C32H36ClF3N4O2/c1-3-7-21-8-5-6-9-25(21)22-10-13-29(27(18-22)30(41)38-15-14-37)40-17-16-39(20-24(40)4-2)31(42)26-12-11-23(19-28(26)33)32(34,35)36/h5-6,8-13,18-19,24H,3-4,7,14-17,20,37H2,1-2H3,(H,38,41)/t24-/m1/s1. The lowest BCUT2D eigenvalue weighted by atomic mass is 9.94. The van der Waals surface area contributed by atoms with Gasteiger partial charge in [-0.25, -0.2) is 0 Å². The van der Waals surface area contributed by atoms with Crippen molar-refractivity contribution in [2.24, 2.45) is 5.73 Å². The zero-order chi connectivity index (χ0) is 30.4. The number of anilines is 1. The lowest BCUT2D eigenvalue weighted by Gasteiger charge is -2.43. The number of hydrogen-bond acceptors (Lipinski definition) is 4. The summed E-state index contributed by atoms with van der Waals surface area (Å²) in [5.41, 5.74) is 9.30. The van der Waals surface area contributed by atoms with E-state index in [9.17, 15) is 22.8 Å². The molecule has 0 radical (unpaired) electrons. The van der Waals surface area contributed by atoms with Crippen molar-refractivity contribution in [3.8, 4) is 11.1 Å². The number of halogens is 4. The zero-order valence-corrected chi connectivity index (χ0v) is 24.6. The van der Waals surface area contributed by atoms with Crippen molar-refractivity contribution in [2.75, 3.05) is 37.6 Å². The van der Waals surface area contributed by atoms with Crippen LogP contribution in [0.15, 0.2) is 60.7 Å². The van der Waals surface area contributed by atoms with Gasteiger partial charge in [-0.2, -0.15) is 13.2 Å². The van der Waals surface area contributed by atoms with E-state index in [2.05, 4.69) is 29.3 Å². The molecule has 0 aliphatic carbocycles. The lowest BCUT2D eigenvalue weighted by Crippen LogP contribution is -2.55. The molecule has 4 rings (SSSR count). The van der Waals surface area contributed by atoms with E-state index in [1.165, 1.54) is 5.56 Å². The molecule has 0 spiro atoms. The van der Waals surface area contributed by atoms with Crippen molar-refractivity contribution >= 4 is 29.1 Å². The number of carbonyl (C=O) groups is 2. The number of nitrogens with zero attached hydrogens (tertiary/aromatic N) is 2. The largest absolute Gasteiger partial charge is 0.416 e. The molecule has 0 bridgehead atoms. The molecule has 42 heavy (non-hydrogen) atoms. The van der Waals surface area contributed by atoms with E-state index in [0.29, 0.717) is 44.7 Å². The van der Waals surface area contributed by atoms with Crippen LogP contribution in [0.1, 0.15) is 58.5 Å². The summed E-state index contributed by atoms with van der Waals surface area (Å²) >= 11 is 6.13. The Labute approximate surface area is 249 Å². The van der Waals surface area contributed by atoms with E-state index in [-0.39, 0.29) is 22.5 Å². The molecule has 1 saturated heterocycles. The third-order valence-electron chi connectivity index (χ3n) is 7.60. The molecule has 3 N–H and O–H groups in total. The molecule has 1 aliphatic heterocycles. The fraction of sp³-hybridized carbons (Fsp3) is 0.375. The van der Waals surface area contributed by atoms with E-state index < -0.39 is 17.6 Å². The third kappa shape index (κ3) is 6.90. The summed E-state index contributed by atoms with van der Waals surface area (Å²) in [4.78, 5) is 30.5. The first-order valence-electron chi connectivity index (χ1n) is 14.2. The average Bonchev–Trinajstić information content (AvgIpc) is 2.99. The number of aryl methyl sites for hydroxylation is 1. The van der Waals surface area contributed by atoms with Gasteiger partial charge in [-0.05, 0) is 59.9 Å². The highest BCUT2D eigenvalue weighted by atomic mass is 35.5. The second-order valence-corrected chi connectivity index (χ2v) is 10.8. The molecule has 10 heteroatoms. The number of hydrogen-bond donors (Lipinski definition) is 2. The molecule has 1 aliphatic rings. The van der Waals surface area contributed by atoms with Crippen molar-refractivity contribution < 1.29 is 22.8 Å². The van der Waals surface area contributed by atoms with Gasteiger partial charge in [0.2, 0.25) is 0 Å². The first-order chi connectivity index (χ1) is 20.1. The van der Waals surface area contributed by atoms with Crippen molar-refractivity contribution in [3.05, 3.63) is 87.9 Å². The Kier molecular flexibility index (Phi) is 10.2. The number of nitrogens with two attached hydrogens (primary N) is 1. The molecule has 3 aromatic rings. The number of alkyl halides is 3. The summed E-state index contributed by atoms with van der Waals surface area (Å²) in [7, 11) is 0. The van der Waals surface area contributed by atoms with Gasteiger partial charge < -0.3 is 20.9 Å². The Morgan fingerprint density at radius 1 is 1.02 bits per heavy atom. The minimum absolute atomic E-state index is 0.0323. The zero-order valence-electron chi connectivity index (χ0n) is 23.8. The molecule has 2 amide bonds. The molecule has 1 heterocycles. The quantitative estimate of drug-likeness (QED) is 0.298. The second kappa shape index (κ2) is 13.6. The van der Waals surface area contributed by atoms with Crippen LogP contribution in [0.3, 0.4) is 0 Å². The van der Waals surface area contributed by atoms with Crippen LogP contribution in [0.4, 0.5) is 18.9 Å². The highest BCUT2D eigenvalue weighted by molar-refractivity contribution is 6.33. The number of benzene rings is 3.